The van der Waals surface area contributed by atoms with Gasteiger partial charge in [0.15, 0.2) is 0 Å². The van der Waals surface area contributed by atoms with Gasteiger partial charge in [0.05, 0.1) is 5.56 Å². The summed E-state index contributed by atoms with van der Waals surface area (Å²) in [5.74, 6) is 0. The average molecular weight is 133 g/mol. The molecule has 1 aliphatic rings. The predicted octanol–water partition coefficient (Wildman–Crippen LogP) is 1.21. The maximum atomic E-state index is 5.00. The molecule has 2 rings (SSSR count). The van der Waals surface area contributed by atoms with Crippen LogP contribution >= 0.6 is 0 Å². The van der Waals surface area contributed by atoms with E-state index in [4.69, 9.17) is 4.74 Å². The molecular formula is C8H7NO+. The fourth-order valence-corrected chi connectivity index (χ4v) is 0.980. The van der Waals surface area contributed by atoms with Crippen molar-refractivity contribution in [3.8, 4) is 0 Å². The first-order valence-corrected chi connectivity index (χ1v) is 3.19. The second-order valence-corrected chi connectivity index (χ2v) is 2.17. The summed E-state index contributed by atoms with van der Waals surface area (Å²) in [6, 6.07) is 7.96. The second-order valence-electron chi connectivity index (χ2n) is 2.17. The molecule has 1 heterocycles. The van der Waals surface area contributed by atoms with Gasteiger partial charge in [0.1, 0.15) is 11.6 Å². The average Bonchev–Trinajstić information content (AvgIpc) is 2.05. The van der Waals surface area contributed by atoms with Crippen LogP contribution in [0.5, 0.6) is 0 Å². The Morgan fingerprint density at radius 3 is 3.10 bits per heavy atom. The molecule has 0 bridgehead atoms. The number of aliphatic imine (C=N–C) groups is 1. The predicted molar refractivity (Wildman–Crippen MR) is 39.1 cm³/mol. The normalized spacial score (nSPS) is 14.0. The van der Waals surface area contributed by atoms with Crippen LogP contribution in [0.25, 0.3) is 0 Å². The minimum absolute atomic E-state index is 0.652. The third-order valence-electron chi connectivity index (χ3n) is 1.50. The number of benzene rings is 1. The topological polar surface area (TPSA) is 23.3 Å². The molecule has 0 N–H and O–H groups in total. The van der Waals surface area contributed by atoms with Crippen LogP contribution in [0.2, 0.25) is 0 Å². The van der Waals surface area contributed by atoms with Crippen LogP contribution < -0.4 is 4.99 Å². The quantitative estimate of drug-likeness (QED) is 0.521. The van der Waals surface area contributed by atoms with Crippen LogP contribution in [0.3, 0.4) is 0 Å². The number of rotatable bonds is 0. The van der Waals surface area contributed by atoms with Crippen LogP contribution in [0.15, 0.2) is 24.3 Å². The van der Waals surface area contributed by atoms with E-state index in [1.165, 1.54) is 6.40 Å². The molecule has 0 saturated carbocycles. The van der Waals surface area contributed by atoms with Gasteiger partial charge < -0.3 is 4.74 Å². The number of para-hydroxylation sites is 1. The lowest BCUT2D eigenvalue weighted by Gasteiger charge is -1.99. The summed E-state index contributed by atoms with van der Waals surface area (Å²) in [6.45, 7) is 0.652. The van der Waals surface area contributed by atoms with Gasteiger partial charge in [-0.3, -0.25) is 0 Å². The highest BCUT2D eigenvalue weighted by atomic mass is 16.5. The summed E-state index contributed by atoms with van der Waals surface area (Å²) < 4.78 is 5.00. The van der Waals surface area contributed by atoms with Gasteiger partial charge in [-0.2, -0.15) is 0 Å². The molecular weight excluding hydrogens is 126 g/mol. The lowest BCUT2D eigenvalue weighted by Crippen LogP contribution is -2.02. The summed E-state index contributed by atoms with van der Waals surface area (Å²) in [6.07, 6.45) is 1.49. The summed E-state index contributed by atoms with van der Waals surface area (Å²) >= 11 is 0. The summed E-state index contributed by atoms with van der Waals surface area (Å²) in [5.41, 5.74) is 2.18. The first kappa shape index (κ1) is 5.47. The molecule has 1 aromatic rings. The first-order valence-electron chi connectivity index (χ1n) is 3.19. The molecule has 0 aromatic heterocycles. The van der Waals surface area contributed by atoms with Crippen molar-refractivity contribution in [2.45, 2.75) is 6.61 Å². The van der Waals surface area contributed by atoms with E-state index < -0.39 is 0 Å². The number of nitrogens with zero attached hydrogens (tertiary/aromatic N) is 1. The minimum atomic E-state index is 0.652. The number of ether oxygens (including phenoxy) is 1. The molecule has 0 atom stereocenters. The maximum Gasteiger partial charge on any atom is 0.398 e. The molecule has 0 saturated heterocycles. The zero-order valence-electron chi connectivity index (χ0n) is 5.45. The Balaban J connectivity index is 2.54. The molecule has 1 aromatic carbocycles. The van der Waals surface area contributed by atoms with Gasteiger partial charge in [-0.05, 0) is 6.07 Å². The molecule has 2 heteroatoms. The van der Waals surface area contributed by atoms with E-state index in [1.54, 1.807) is 0 Å². The van der Waals surface area contributed by atoms with Crippen molar-refractivity contribution in [2.24, 2.45) is 0 Å². The van der Waals surface area contributed by atoms with Crippen LogP contribution in [0.1, 0.15) is 5.56 Å². The number of hydrogen-bond acceptors (Lipinski definition) is 2. The van der Waals surface area contributed by atoms with E-state index in [9.17, 15) is 0 Å². The van der Waals surface area contributed by atoms with E-state index in [0.29, 0.717) is 6.61 Å². The lowest BCUT2D eigenvalue weighted by atomic mass is 10.2. The van der Waals surface area contributed by atoms with E-state index in [2.05, 4.69) is 4.99 Å². The molecule has 0 amide bonds. The first-order chi connectivity index (χ1) is 4.97. The van der Waals surface area contributed by atoms with Crippen LogP contribution in [0.4, 0.5) is 5.69 Å². The Morgan fingerprint density at radius 2 is 2.20 bits per heavy atom. The van der Waals surface area contributed by atoms with Crippen molar-refractivity contribution in [1.29, 1.82) is 0 Å². The second kappa shape index (κ2) is 2.14. The Kier molecular flexibility index (Phi) is 1.17. The molecule has 1 aliphatic heterocycles. The Labute approximate surface area is 59.2 Å². The molecule has 0 unspecified atom stereocenters. The fraction of sp³-hybridized carbons (Fsp3) is 0.125. The third kappa shape index (κ3) is 0.778. The van der Waals surface area contributed by atoms with Gasteiger partial charge in [-0.15, -0.1) is 0 Å². The monoisotopic (exact) mass is 133 g/mol. The zero-order chi connectivity index (χ0) is 6.81. The van der Waals surface area contributed by atoms with Crippen LogP contribution in [0, 0.1) is 0 Å². The van der Waals surface area contributed by atoms with Crippen LogP contribution in [-0.4, -0.2) is 6.40 Å². The van der Waals surface area contributed by atoms with Gasteiger partial charge in [0.25, 0.3) is 5.69 Å². The summed E-state index contributed by atoms with van der Waals surface area (Å²) in [4.78, 5) is 4.05. The van der Waals surface area contributed by atoms with Crippen LogP contribution in [-0.2, 0) is 11.3 Å². The summed E-state index contributed by atoms with van der Waals surface area (Å²) in [7, 11) is 0. The SMILES string of the molecule is C1=[N+]c2ccccc2CO1. The largest absolute Gasteiger partial charge is 0.440 e. The summed E-state index contributed by atoms with van der Waals surface area (Å²) in [5, 5.41) is 0. The highest BCUT2D eigenvalue weighted by Crippen LogP contribution is 2.15. The van der Waals surface area contributed by atoms with Gasteiger partial charge >= 0.3 is 6.40 Å². The van der Waals surface area contributed by atoms with E-state index in [1.807, 2.05) is 24.3 Å². The molecule has 0 spiro atoms. The minimum Gasteiger partial charge on any atom is -0.440 e. The van der Waals surface area contributed by atoms with Crippen molar-refractivity contribution in [3.05, 3.63) is 29.8 Å². The Bertz CT molecular complexity index is 268. The van der Waals surface area contributed by atoms with Crippen molar-refractivity contribution in [3.63, 3.8) is 0 Å². The highest BCUT2D eigenvalue weighted by Gasteiger charge is 2.14. The van der Waals surface area contributed by atoms with Gasteiger partial charge in [-0.25, -0.2) is 0 Å². The molecule has 0 aliphatic carbocycles. The van der Waals surface area contributed by atoms with Gasteiger partial charge in [-0.1, -0.05) is 12.1 Å². The zero-order valence-corrected chi connectivity index (χ0v) is 5.45. The lowest BCUT2D eigenvalue weighted by molar-refractivity contribution is 0.300. The number of hydrogen-bond donors (Lipinski definition) is 0. The molecule has 10 heavy (non-hydrogen) atoms. The maximum absolute atomic E-state index is 5.00. The fourth-order valence-electron chi connectivity index (χ4n) is 0.980. The Morgan fingerprint density at radius 1 is 1.30 bits per heavy atom. The number of fused-ring (bicyclic) bond motifs is 1. The molecule has 49 valence electrons. The smallest absolute Gasteiger partial charge is 0.398 e. The van der Waals surface area contributed by atoms with Crippen molar-refractivity contribution >= 4 is 12.1 Å². The Hall–Kier alpha value is -1.31. The van der Waals surface area contributed by atoms with E-state index >= 15 is 0 Å². The van der Waals surface area contributed by atoms with Gasteiger partial charge in [0, 0.05) is 6.07 Å². The van der Waals surface area contributed by atoms with Crippen molar-refractivity contribution in [2.75, 3.05) is 0 Å². The highest BCUT2D eigenvalue weighted by molar-refractivity contribution is 5.58. The molecule has 2 nitrogen and oxygen atoms in total. The van der Waals surface area contributed by atoms with E-state index in [-0.39, 0.29) is 0 Å². The van der Waals surface area contributed by atoms with Crippen molar-refractivity contribution in [1.82, 2.24) is 4.99 Å². The molecule has 1 radical (unpaired) electrons. The third-order valence-corrected chi connectivity index (χ3v) is 1.50. The van der Waals surface area contributed by atoms with E-state index in [0.717, 1.165) is 11.3 Å². The standard InChI is InChI=1S/C8H7NO/c1-2-4-8-7(3-1)5-10-6-9-8/h1-4,6H,5H2/q+1. The van der Waals surface area contributed by atoms with Gasteiger partial charge in [0.2, 0.25) is 0 Å². The molecule has 0 fully saturated rings. The van der Waals surface area contributed by atoms with Crippen molar-refractivity contribution < 1.29 is 4.74 Å².